The summed E-state index contributed by atoms with van der Waals surface area (Å²) in [4.78, 5) is 21.7. The molecule has 2 aliphatic rings. The first-order valence-electron chi connectivity index (χ1n) is 11.9. The van der Waals surface area contributed by atoms with Crippen LogP contribution in [0, 0.1) is 30.4 Å². The third-order valence-electron chi connectivity index (χ3n) is 7.69. The lowest BCUT2D eigenvalue weighted by molar-refractivity contribution is -0.151. The first kappa shape index (κ1) is 22.9. The number of nitrogens with one attached hydrogen (secondary N) is 2. The van der Waals surface area contributed by atoms with Gasteiger partial charge < -0.3 is 20.3 Å². The third-order valence-corrected chi connectivity index (χ3v) is 7.69. The molecular weight excluding hydrogens is 438 g/mol. The smallest absolute Gasteiger partial charge is 0.239 e. The number of amides is 1. The number of fused-ring (bicyclic) bond motifs is 1. The zero-order valence-electron chi connectivity index (χ0n) is 19.7. The monoisotopic (exact) mass is 468 g/mol. The summed E-state index contributed by atoms with van der Waals surface area (Å²) in [6.45, 7) is 7.06. The van der Waals surface area contributed by atoms with Crippen molar-refractivity contribution in [3.8, 4) is 11.1 Å². The number of rotatable bonds is 3. The molecule has 180 valence electrons. The first-order valence-corrected chi connectivity index (χ1v) is 11.9. The average molecular weight is 469 g/mol. The number of benzene rings is 1. The summed E-state index contributed by atoms with van der Waals surface area (Å²) in [6, 6.07) is 4.64. The van der Waals surface area contributed by atoms with Crippen LogP contribution in [0.1, 0.15) is 37.8 Å². The van der Waals surface area contributed by atoms with Gasteiger partial charge in [0.15, 0.2) is 5.82 Å². The Balaban J connectivity index is 1.50. The number of likely N-dealkylation sites (tertiary alicyclic amines) is 1. The molecule has 6 nitrogen and oxygen atoms in total. The van der Waals surface area contributed by atoms with Crippen LogP contribution in [0.5, 0.6) is 0 Å². The van der Waals surface area contributed by atoms with Gasteiger partial charge in [0, 0.05) is 42.9 Å². The molecule has 3 aromatic rings. The van der Waals surface area contributed by atoms with Crippen molar-refractivity contribution >= 4 is 16.9 Å². The number of aromatic nitrogens is 2. The molecule has 4 heterocycles. The fourth-order valence-corrected chi connectivity index (χ4v) is 5.95. The summed E-state index contributed by atoms with van der Waals surface area (Å²) in [5.41, 5.74) is 0.867. The molecule has 1 aromatic carbocycles. The predicted molar refractivity (Wildman–Crippen MR) is 126 cm³/mol. The summed E-state index contributed by atoms with van der Waals surface area (Å²) >= 11 is 0. The van der Waals surface area contributed by atoms with E-state index in [-0.39, 0.29) is 29.3 Å². The number of nitrogens with zero attached hydrogens (tertiary/aromatic N) is 2. The van der Waals surface area contributed by atoms with Crippen molar-refractivity contribution < 1.29 is 18.7 Å². The highest BCUT2D eigenvalue weighted by Gasteiger charge is 2.49. The van der Waals surface area contributed by atoms with Crippen LogP contribution in [0.15, 0.2) is 30.6 Å². The minimum Gasteiger partial charge on any atom is -0.384 e. The summed E-state index contributed by atoms with van der Waals surface area (Å²) in [6.07, 6.45) is 4.59. The van der Waals surface area contributed by atoms with Crippen LogP contribution in [-0.2, 0) is 10.4 Å². The Bertz CT molecular complexity index is 1220. The SMILES string of the molecule is Cc1cc(-c2ccnc3[nH]cc(F)c23)cc(F)c1C1(O)[C@H](C)CN(C(=O)[C@@H]2CCCN2)C[C@@H]1C. The van der Waals surface area contributed by atoms with Crippen LogP contribution < -0.4 is 5.32 Å². The molecule has 3 N–H and O–H groups in total. The highest BCUT2D eigenvalue weighted by molar-refractivity contribution is 5.93. The number of aliphatic hydroxyl groups is 1. The summed E-state index contributed by atoms with van der Waals surface area (Å²) in [5, 5.41) is 15.4. The quantitative estimate of drug-likeness (QED) is 0.545. The zero-order chi connectivity index (χ0) is 24.2. The number of H-pyrrole nitrogens is 1. The summed E-state index contributed by atoms with van der Waals surface area (Å²) in [7, 11) is 0. The van der Waals surface area contributed by atoms with Crippen LogP contribution in [0.25, 0.3) is 22.2 Å². The molecule has 2 fully saturated rings. The van der Waals surface area contributed by atoms with Crippen molar-refractivity contribution in [2.45, 2.75) is 45.3 Å². The maximum absolute atomic E-state index is 15.7. The van der Waals surface area contributed by atoms with E-state index in [4.69, 9.17) is 0 Å². The fourth-order valence-electron chi connectivity index (χ4n) is 5.95. The van der Waals surface area contributed by atoms with Crippen molar-refractivity contribution in [2.24, 2.45) is 11.8 Å². The van der Waals surface area contributed by atoms with Crippen molar-refractivity contribution in [2.75, 3.05) is 19.6 Å². The van der Waals surface area contributed by atoms with Gasteiger partial charge >= 0.3 is 0 Å². The van der Waals surface area contributed by atoms with E-state index >= 15 is 4.39 Å². The lowest BCUT2D eigenvalue weighted by atomic mass is 9.69. The Morgan fingerprint density at radius 1 is 1.21 bits per heavy atom. The number of aryl methyl sites for hydroxylation is 1. The van der Waals surface area contributed by atoms with Gasteiger partial charge in [0.1, 0.15) is 17.1 Å². The second-order valence-electron chi connectivity index (χ2n) is 9.89. The topological polar surface area (TPSA) is 81.2 Å². The minimum absolute atomic E-state index is 0.0565. The van der Waals surface area contributed by atoms with E-state index in [9.17, 15) is 14.3 Å². The summed E-state index contributed by atoms with van der Waals surface area (Å²) < 4.78 is 30.1. The molecule has 0 saturated carbocycles. The van der Waals surface area contributed by atoms with Crippen LogP contribution in [0.2, 0.25) is 0 Å². The number of hydrogen-bond donors (Lipinski definition) is 3. The van der Waals surface area contributed by atoms with Crippen LogP contribution >= 0.6 is 0 Å². The van der Waals surface area contributed by atoms with E-state index < -0.39 is 17.2 Å². The predicted octanol–water partition coefficient (Wildman–Crippen LogP) is 3.87. The van der Waals surface area contributed by atoms with Crippen molar-refractivity contribution in [1.82, 2.24) is 20.2 Å². The van der Waals surface area contributed by atoms with Gasteiger partial charge in [-0.3, -0.25) is 4.79 Å². The van der Waals surface area contributed by atoms with Crippen molar-refractivity contribution in [1.29, 1.82) is 0 Å². The van der Waals surface area contributed by atoms with Crippen molar-refractivity contribution in [3.63, 3.8) is 0 Å². The molecule has 2 aliphatic heterocycles. The van der Waals surface area contributed by atoms with Crippen LogP contribution in [0.3, 0.4) is 0 Å². The number of pyridine rings is 1. The van der Waals surface area contributed by atoms with Crippen molar-refractivity contribution in [3.05, 3.63) is 53.4 Å². The van der Waals surface area contributed by atoms with Crippen LogP contribution in [-0.4, -0.2) is 51.6 Å². The number of halogens is 2. The lowest BCUT2D eigenvalue weighted by Gasteiger charge is -2.49. The van der Waals surface area contributed by atoms with Gasteiger partial charge in [0.2, 0.25) is 5.91 Å². The molecular formula is C26H30F2N4O2. The molecule has 2 aromatic heterocycles. The highest BCUT2D eigenvalue weighted by Crippen LogP contribution is 2.45. The van der Waals surface area contributed by atoms with E-state index in [0.29, 0.717) is 40.8 Å². The number of hydrogen-bond acceptors (Lipinski definition) is 4. The highest BCUT2D eigenvalue weighted by atomic mass is 19.1. The molecule has 1 unspecified atom stereocenters. The normalized spacial score (nSPS) is 27.5. The van der Waals surface area contributed by atoms with Gasteiger partial charge in [-0.15, -0.1) is 0 Å². The first-order chi connectivity index (χ1) is 16.2. The van der Waals surface area contributed by atoms with E-state index in [1.807, 2.05) is 13.8 Å². The van der Waals surface area contributed by atoms with Gasteiger partial charge in [-0.25, -0.2) is 13.8 Å². The zero-order valence-corrected chi connectivity index (χ0v) is 19.7. The van der Waals surface area contributed by atoms with Gasteiger partial charge in [0.05, 0.1) is 11.4 Å². The van der Waals surface area contributed by atoms with E-state index in [2.05, 4.69) is 15.3 Å². The standard InChI is InChI=1S/C26H30F2N4O2/c1-14-9-17(18-6-8-30-24-22(18)20(28)11-31-24)10-19(27)23(14)26(34)15(2)12-32(13-16(26)3)25(33)21-5-4-7-29-21/h6,8-11,15-16,21,29,34H,4-5,7,12-13H2,1-3H3,(H,30,31)/t15-,16+,21-,26?/m0/s1. The summed E-state index contributed by atoms with van der Waals surface area (Å²) in [5.74, 6) is -1.66. The third kappa shape index (κ3) is 3.51. The minimum atomic E-state index is -1.43. The molecule has 4 atom stereocenters. The van der Waals surface area contributed by atoms with E-state index in [1.54, 1.807) is 30.2 Å². The Kier molecular flexibility index (Phi) is 5.68. The largest absolute Gasteiger partial charge is 0.384 e. The lowest BCUT2D eigenvalue weighted by Crippen LogP contribution is -2.58. The number of aromatic amines is 1. The molecule has 34 heavy (non-hydrogen) atoms. The molecule has 0 bridgehead atoms. The molecule has 0 radical (unpaired) electrons. The molecule has 1 amide bonds. The Morgan fingerprint density at radius 3 is 2.59 bits per heavy atom. The van der Waals surface area contributed by atoms with Gasteiger partial charge in [-0.2, -0.15) is 0 Å². The molecule has 0 spiro atoms. The molecule has 8 heteroatoms. The Hall–Kier alpha value is -2.84. The van der Waals surface area contributed by atoms with Gasteiger partial charge in [-0.05, 0) is 55.1 Å². The van der Waals surface area contributed by atoms with Crippen LogP contribution in [0.4, 0.5) is 8.78 Å². The van der Waals surface area contributed by atoms with E-state index in [1.165, 1.54) is 12.3 Å². The maximum Gasteiger partial charge on any atom is 0.239 e. The Morgan fingerprint density at radius 2 is 1.94 bits per heavy atom. The molecule has 5 rings (SSSR count). The second-order valence-corrected chi connectivity index (χ2v) is 9.89. The number of carbonyl (C=O) groups excluding carboxylic acids is 1. The molecule has 0 aliphatic carbocycles. The van der Waals surface area contributed by atoms with Gasteiger partial charge in [-0.1, -0.05) is 19.9 Å². The fraction of sp³-hybridized carbons (Fsp3) is 0.462. The molecule has 2 saturated heterocycles. The van der Waals surface area contributed by atoms with E-state index in [0.717, 1.165) is 19.4 Å². The maximum atomic E-state index is 15.7. The average Bonchev–Trinajstić information content (AvgIpc) is 3.47. The Labute approximate surface area is 197 Å². The second kappa shape index (κ2) is 8.43. The number of carbonyl (C=O) groups is 1. The number of piperidine rings is 1. The van der Waals surface area contributed by atoms with Gasteiger partial charge in [0.25, 0.3) is 0 Å².